The maximum absolute atomic E-state index is 14.3. The number of hydrogen-bond acceptors (Lipinski definition) is 8. The van der Waals surface area contributed by atoms with Crippen molar-refractivity contribution in [2.75, 3.05) is 56.7 Å². The number of anilines is 2. The maximum Gasteiger partial charge on any atom is 0.318 e. The first-order valence-corrected chi connectivity index (χ1v) is 12.4. The zero-order valence-corrected chi connectivity index (χ0v) is 20.1. The van der Waals surface area contributed by atoms with Crippen LogP contribution in [-0.4, -0.2) is 78.9 Å². The third-order valence-corrected chi connectivity index (χ3v) is 7.33. The average molecular weight is 471 g/mol. The van der Waals surface area contributed by atoms with E-state index in [1.807, 2.05) is 4.90 Å². The van der Waals surface area contributed by atoms with Crippen LogP contribution in [0.5, 0.6) is 11.8 Å². The number of para-hydroxylation sites is 1. The minimum Gasteiger partial charge on any atom is -0.506 e. The molecule has 34 heavy (non-hydrogen) atoms. The van der Waals surface area contributed by atoms with Crippen LogP contribution in [0.15, 0.2) is 18.2 Å². The third-order valence-electron chi connectivity index (χ3n) is 7.33. The highest BCUT2D eigenvalue weighted by Crippen LogP contribution is 2.36. The van der Waals surface area contributed by atoms with Crippen LogP contribution in [0.25, 0.3) is 0 Å². The van der Waals surface area contributed by atoms with Gasteiger partial charge in [-0.1, -0.05) is 6.07 Å². The van der Waals surface area contributed by atoms with Crippen molar-refractivity contribution in [3.8, 4) is 11.8 Å². The van der Waals surface area contributed by atoms with Crippen molar-refractivity contribution in [2.24, 2.45) is 0 Å². The van der Waals surface area contributed by atoms with Crippen molar-refractivity contribution in [1.82, 2.24) is 20.2 Å². The van der Waals surface area contributed by atoms with Gasteiger partial charge in [-0.05, 0) is 64.4 Å². The number of aromatic hydroxyl groups is 1. The Kier molecular flexibility index (Phi) is 6.74. The maximum atomic E-state index is 14.3. The van der Waals surface area contributed by atoms with Crippen LogP contribution in [-0.2, 0) is 13.0 Å². The van der Waals surface area contributed by atoms with Gasteiger partial charge >= 0.3 is 6.01 Å². The Balaban J connectivity index is 0.000000351. The number of rotatable bonds is 3. The lowest BCUT2D eigenvalue weighted by molar-refractivity contribution is 0.374. The van der Waals surface area contributed by atoms with E-state index in [9.17, 15) is 9.50 Å². The lowest BCUT2D eigenvalue weighted by Crippen LogP contribution is -2.52. The Labute approximate surface area is 200 Å². The number of phenols is 1. The SMILES string of the molecule is CN1CCCC1.COc1nc2c(c(N3CC4CCC(C3)N4)n1)CCN(c1c(O)cccc1F)C2. The van der Waals surface area contributed by atoms with Gasteiger partial charge in [0.1, 0.15) is 23.1 Å². The molecular formula is C25H35FN6O2. The summed E-state index contributed by atoms with van der Waals surface area (Å²) in [6.45, 7) is 5.51. The Morgan fingerprint density at radius 1 is 1.06 bits per heavy atom. The number of fused-ring (bicyclic) bond motifs is 3. The van der Waals surface area contributed by atoms with Crippen molar-refractivity contribution in [3.63, 3.8) is 0 Å². The van der Waals surface area contributed by atoms with E-state index >= 15 is 0 Å². The molecule has 2 aromatic rings. The molecule has 1 aromatic carbocycles. The number of nitrogens with zero attached hydrogens (tertiary/aromatic N) is 5. The Morgan fingerprint density at radius 3 is 2.41 bits per heavy atom. The van der Waals surface area contributed by atoms with Crippen LogP contribution in [0.3, 0.4) is 0 Å². The number of piperazine rings is 1. The Hall–Kier alpha value is -2.65. The first-order chi connectivity index (χ1) is 16.5. The number of methoxy groups -OCH3 is 1. The van der Waals surface area contributed by atoms with E-state index in [1.54, 1.807) is 7.11 Å². The van der Waals surface area contributed by atoms with E-state index in [1.165, 1.54) is 57.0 Å². The standard InChI is InChI=1S/C20H24FN5O2.C5H11N/c1-28-20-23-16-11-25(18-15(21)3-2-4-17(18)27)8-7-14(16)19(24-20)26-9-12-5-6-13(10-26)22-12;1-6-4-2-3-5-6/h2-4,12-13,22,27H,5-11H2,1H3;2-5H2,1H3. The molecule has 3 fully saturated rings. The van der Waals surface area contributed by atoms with Crippen LogP contribution in [0, 0.1) is 5.82 Å². The van der Waals surface area contributed by atoms with E-state index in [2.05, 4.69) is 32.1 Å². The predicted molar refractivity (Wildman–Crippen MR) is 130 cm³/mol. The highest BCUT2D eigenvalue weighted by atomic mass is 19.1. The van der Waals surface area contributed by atoms with E-state index in [4.69, 9.17) is 4.74 Å². The second-order valence-corrected chi connectivity index (χ2v) is 9.79. The summed E-state index contributed by atoms with van der Waals surface area (Å²) in [6, 6.07) is 5.73. The third kappa shape index (κ3) is 4.77. The summed E-state index contributed by atoms with van der Waals surface area (Å²) < 4.78 is 19.7. The fraction of sp³-hybridized carbons (Fsp3) is 0.600. The average Bonchev–Trinajstić information content (AvgIpc) is 3.45. The van der Waals surface area contributed by atoms with Gasteiger partial charge in [-0.25, -0.2) is 4.39 Å². The van der Waals surface area contributed by atoms with Crippen LogP contribution in [0.4, 0.5) is 15.9 Å². The quantitative estimate of drug-likeness (QED) is 0.709. The topological polar surface area (TPSA) is 77.0 Å². The first kappa shape index (κ1) is 23.1. The molecule has 5 heterocycles. The summed E-state index contributed by atoms with van der Waals surface area (Å²) >= 11 is 0. The second-order valence-electron chi connectivity index (χ2n) is 9.79. The van der Waals surface area contributed by atoms with E-state index in [-0.39, 0.29) is 11.4 Å². The van der Waals surface area contributed by atoms with E-state index in [0.29, 0.717) is 37.6 Å². The lowest BCUT2D eigenvalue weighted by Gasteiger charge is -2.37. The number of likely N-dealkylation sites (tertiary alicyclic amines) is 1. The Bertz CT molecular complexity index is 983. The van der Waals surface area contributed by atoms with Crippen LogP contribution in [0.2, 0.25) is 0 Å². The molecule has 2 N–H and O–H groups in total. The van der Waals surface area contributed by atoms with Gasteiger partial charge in [0.15, 0.2) is 0 Å². The molecule has 4 aliphatic rings. The molecule has 0 amide bonds. The van der Waals surface area contributed by atoms with Gasteiger partial charge in [-0.15, -0.1) is 0 Å². The minimum atomic E-state index is -0.427. The van der Waals surface area contributed by atoms with Crippen LogP contribution in [0.1, 0.15) is 36.9 Å². The van der Waals surface area contributed by atoms with Crippen molar-refractivity contribution in [1.29, 1.82) is 0 Å². The first-order valence-electron chi connectivity index (χ1n) is 12.4. The summed E-state index contributed by atoms with van der Waals surface area (Å²) in [5.41, 5.74) is 2.17. The molecule has 3 saturated heterocycles. The van der Waals surface area contributed by atoms with Gasteiger partial charge < -0.3 is 29.9 Å². The van der Waals surface area contributed by atoms with Gasteiger partial charge in [0.2, 0.25) is 0 Å². The Morgan fingerprint density at radius 2 is 1.79 bits per heavy atom. The van der Waals surface area contributed by atoms with Crippen LogP contribution >= 0.6 is 0 Å². The largest absolute Gasteiger partial charge is 0.506 e. The number of phenolic OH excluding ortho intramolecular Hbond substituents is 1. The highest BCUT2D eigenvalue weighted by molar-refractivity contribution is 5.61. The molecule has 0 aliphatic carbocycles. The molecule has 184 valence electrons. The number of nitrogens with one attached hydrogen (secondary N) is 1. The van der Waals surface area contributed by atoms with E-state index < -0.39 is 5.82 Å². The molecular weight excluding hydrogens is 435 g/mol. The van der Waals surface area contributed by atoms with Crippen LogP contribution < -0.4 is 19.9 Å². The van der Waals surface area contributed by atoms with Gasteiger partial charge in [-0.3, -0.25) is 0 Å². The number of hydrogen-bond donors (Lipinski definition) is 2. The minimum absolute atomic E-state index is 0.0524. The summed E-state index contributed by atoms with van der Waals surface area (Å²) in [5, 5.41) is 13.8. The smallest absolute Gasteiger partial charge is 0.318 e. The molecule has 0 spiro atoms. The summed E-state index contributed by atoms with van der Waals surface area (Å²) in [7, 11) is 3.74. The number of halogens is 1. The van der Waals surface area contributed by atoms with Gasteiger partial charge in [0.25, 0.3) is 0 Å². The van der Waals surface area contributed by atoms with E-state index in [0.717, 1.165) is 30.2 Å². The molecule has 2 atom stereocenters. The number of benzene rings is 1. The molecule has 1 aromatic heterocycles. The normalized spacial score (nSPS) is 24.0. The van der Waals surface area contributed by atoms with Crippen molar-refractivity contribution >= 4 is 11.5 Å². The van der Waals surface area contributed by atoms with Crippen molar-refractivity contribution in [3.05, 3.63) is 35.3 Å². The molecule has 6 rings (SSSR count). The molecule has 2 bridgehead atoms. The fourth-order valence-electron chi connectivity index (χ4n) is 5.59. The molecule has 4 aliphatic heterocycles. The molecule has 2 unspecified atom stereocenters. The van der Waals surface area contributed by atoms with Gasteiger partial charge in [0, 0.05) is 37.3 Å². The predicted octanol–water partition coefficient (Wildman–Crippen LogP) is 2.55. The lowest BCUT2D eigenvalue weighted by atomic mass is 10.0. The van der Waals surface area contributed by atoms with Crippen molar-refractivity contribution < 1.29 is 14.2 Å². The fourth-order valence-corrected chi connectivity index (χ4v) is 5.59. The molecule has 0 radical (unpaired) electrons. The highest BCUT2D eigenvalue weighted by Gasteiger charge is 2.35. The van der Waals surface area contributed by atoms with Gasteiger partial charge in [-0.2, -0.15) is 9.97 Å². The summed E-state index contributed by atoms with van der Waals surface area (Å²) in [5.74, 6) is 0.462. The summed E-state index contributed by atoms with van der Waals surface area (Å²) in [6.07, 6.45) is 5.92. The van der Waals surface area contributed by atoms with Gasteiger partial charge in [0.05, 0.1) is 19.3 Å². The second kappa shape index (κ2) is 9.92. The number of aromatic nitrogens is 2. The zero-order chi connectivity index (χ0) is 23.7. The molecule has 8 nitrogen and oxygen atoms in total. The molecule has 0 saturated carbocycles. The number of ether oxygens (including phenoxy) is 1. The zero-order valence-electron chi connectivity index (χ0n) is 20.1. The summed E-state index contributed by atoms with van der Waals surface area (Å²) in [4.78, 5) is 15.8. The monoisotopic (exact) mass is 470 g/mol. The molecule has 9 heteroatoms. The van der Waals surface area contributed by atoms with Crippen molar-refractivity contribution in [2.45, 2.75) is 50.7 Å².